The lowest BCUT2D eigenvalue weighted by molar-refractivity contribution is -0.137. The zero-order chi connectivity index (χ0) is 25.0. The maximum Gasteiger partial charge on any atom is 0.326 e. The van der Waals surface area contributed by atoms with Crippen LogP contribution in [-0.2, 0) is 26.4 Å². The molecular formula is C24H23FN2O7S. The first-order valence-corrected chi connectivity index (χ1v) is 12.3. The lowest BCUT2D eigenvalue weighted by Crippen LogP contribution is -2.30. The van der Waals surface area contributed by atoms with E-state index < -0.39 is 34.4 Å². The van der Waals surface area contributed by atoms with Gasteiger partial charge in [-0.15, -0.1) is 0 Å². The summed E-state index contributed by atoms with van der Waals surface area (Å²) < 4.78 is 54.8. The van der Waals surface area contributed by atoms with Crippen molar-refractivity contribution in [3.8, 4) is 11.5 Å². The van der Waals surface area contributed by atoms with Crippen LogP contribution in [0.4, 0.5) is 10.1 Å². The van der Waals surface area contributed by atoms with Crippen molar-refractivity contribution >= 4 is 38.5 Å². The van der Waals surface area contributed by atoms with Crippen molar-refractivity contribution in [3.05, 3.63) is 66.0 Å². The number of aliphatic carboxylic acids is 1. The van der Waals surface area contributed by atoms with Crippen LogP contribution in [0.25, 0.3) is 10.8 Å². The van der Waals surface area contributed by atoms with Crippen molar-refractivity contribution < 1.29 is 37.0 Å². The molecule has 35 heavy (non-hydrogen) atoms. The van der Waals surface area contributed by atoms with Gasteiger partial charge in [0.2, 0.25) is 0 Å². The second-order valence-electron chi connectivity index (χ2n) is 7.93. The number of unbranched alkanes of at least 4 members (excludes halogenated alkanes) is 1. The average Bonchev–Trinajstić information content (AvgIpc) is 3.09. The topological polar surface area (TPSA) is 122 Å². The predicted molar refractivity (Wildman–Crippen MR) is 126 cm³/mol. The average molecular weight is 503 g/mol. The lowest BCUT2D eigenvalue weighted by Gasteiger charge is -2.21. The number of benzene rings is 3. The normalized spacial score (nSPS) is 14.7. The molecule has 0 aliphatic carbocycles. The van der Waals surface area contributed by atoms with Crippen molar-refractivity contribution in [2.24, 2.45) is 0 Å². The number of nitrogens with zero attached hydrogens (tertiary/aromatic N) is 1. The van der Waals surface area contributed by atoms with E-state index in [1.165, 1.54) is 12.1 Å². The predicted octanol–water partition coefficient (Wildman–Crippen LogP) is 3.37. The minimum Gasteiger partial charge on any atom is -0.494 e. The van der Waals surface area contributed by atoms with Crippen molar-refractivity contribution in [1.82, 2.24) is 4.72 Å². The van der Waals surface area contributed by atoms with Crippen molar-refractivity contribution in [2.75, 3.05) is 17.5 Å². The molecule has 0 atom stereocenters. The first-order valence-electron chi connectivity index (χ1n) is 10.9. The zero-order valence-electron chi connectivity index (χ0n) is 18.6. The highest BCUT2D eigenvalue weighted by atomic mass is 32.2. The van der Waals surface area contributed by atoms with E-state index in [9.17, 15) is 18.0 Å². The standard InChI is InChI=1S/C24H23FN2O7S/c25-23-19-13-18(33-11-5-4-8-22(29)30)10-9-17(19)12-20(34-15-16-6-2-1-3-7-16)24(23)27-14-21(28)26-35(27,31)32/h1-3,6-7,9-10,12-13H,4-5,8,11,14-15H2,(H,26,28)(H,29,30). The molecule has 1 heterocycles. The van der Waals surface area contributed by atoms with Gasteiger partial charge in [0.1, 0.15) is 30.3 Å². The van der Waals surface area contributed by atoms with Crippen molar-refractivity contribution in [1.29, 1.82) is 0 Å². The Balaban J connectivity index is 1.68. The molecule has 2 N–H and O–H groups in total. The molecule has 9 nitrogen and oxygen atoms in total. The van der Waals surface area contributed by atoms with Gasteiger partial charge in [-0.1, -0.05) is 36.4 Å². The van der Waals surface area contributed by atoms with Crippen LogP contribution < -0.4 is 18.5 Å². The minimum absolute atomic E-state index is 0.0266. The van der Waals surface area contributed by atoms with Gasteiger partial charge in [0.15, 0.2) is 5.82 Å². The lowest BCUT2D eigenvalue weighted by atomic mass is 10.1. The SMILES string of the molecule is O=C(O)CCCCOc1ccc2cc(OCc3ccccc3)c(N3CC(=O)NS3(=O)=O)c(F)c2c1. The third-order valence-corrected chi connectivity index (χ3v) is 6.73. The molecule has 1 fully saturated rings. The van der Waals surface area contributed by atoms with E-state index in [4.69, 9.17) is 14.6 Å². The quantitative estimate of drug-likeness (QED) is 0.408. The molecule has 184 valence electrons. The summed E-state index contributed by atoms with van der Waals surface area (Å²) in [6.45, 7) is -0.276. The van der Waals surface area contributed by atoms with Gasteiger partial charge in [0.25, 0.3) is 5.91 Å². The summed E-state index contributed by atoms with van der Waals surface area (Å²) in [6.07, 6.45) is 0.976. The Hall–Kier alpha value is -3.86. The third kappa shape index (κ3) is 5.62. The van der Waals surface area contributed by atoms with Crippen LogP contribution in [0.5, 0.6) is 11.5 Å². The summed E-state index contributed by atoms with van der Waals surface area (Å²) in [5, 5.41) is 9.24. The molecule has 1 amide bonds. The summed E-state index contributed by atoms with van der Waals surface area (Å²) in [5.41, 5.74) is 0.425. The number of rotatable bonds is 10. The van der Waals surface area contributed by atoms with E-state index in [-0.39, 0.29) is 36.5 Å². The number of fused-ring (bicyclic) bond motifs is 1. The van der Waals surface area contributed by atoms with Crippen LogP contribution in [0.2, 0.25) is 0 Å². The van der Waals surface area contributed by atoms with E-state index in [1.807, 2.05) is 35.1 Å². The van der Waals surface area contributed by atoms with Gasteiger partial charge >= 0.3 is 16.2 Å². The number of nitrogens with one attached hydrogen (secondary N) is 1. The van der Waals surface area contributed by atoms with Gasteiger partial charge < -0.3 is 14.6 Å². The highest BCUT2D eigenvalue weighted by molar-refractivity contribution is 7.92. The minimum atomic E-state index is -4.29. The molecule has 1 aliphatic rings. The molecule has 4 rings (SSSR count). The summed E-state index contributed by atoms with van der Waals surface area (Å²) in [4.78, 5) is 22.4. The Morgan fingerprint density at radius 3 is 2.54 bits per heavy atom. The first kappa shape index (κ1) is 24.3. The Labute approximate surface area is 201 Å². The number of halogens is 1. The second-order valence-corrected chi connectivity index (χ2v) is 9.53. The Bertz CT molecular complexity index is 1360. The number of anilines is 1. The third-order valence-electron chi connectivity index (χ3n) is 5.35. The van der Waals surface area contributed by atoms with E-state index in [0.29, 0.717) is 28.3 Å². The molecule has 11 heteroatoms. The molecule has 3 aromatic carbocycles. The van der Waals surface area contributed by atoms with Gasteiger partial charge in [-0.2, -0.15) is 8.42 Å². The highest BCUT2D eigenvalue weighted by Gasteiger charge is 2.38. The number of ether oxygens (including phenoxy) is 2. The molecule has 0 spiro atoms. The number of carboxylic acid groups (broad SMARTS) is 1. The van der Waals surface area contributed by atoms with Gasteiger partial charge in [-0.3, -0.25) is 9.59 Å². The van der Waals surface area contributed by atoms with Gasteiger partial charge in [-0.05, 0) is 42.0 Å². The van der Waals surface area contributed by atoms with Crippen LogP contribution in [-0.4, -0.2) is 38.6 Å². The van der Waals surface area contributed by atoms with Crippen molar-refractivity contribution in [3.63, 3.8) is 0 Å². The number of hydrogen-bond donors (Lipinski definition) is 2. The Morgan fingerprint density at radius 1 is 1.09 bits per heavy atom. The van der Waals surface area contributed by atoms with E-state index >= 15 is 4.39 Å². The smallest absolute Gasteiger partial charge is 0.326 e. The number of hydrogen-bond acceptors (Lipinski definition) is 6. The molecule has 0 aromatic heterocycles. The first-order chi connectivity index (χ1) is 16.7. The van der Waals surface area contributed by atoms with Crippen LogP contribution in [0.3, 0.4) is 0 Å². The van der Waals surface area contributed by atoms with Crippen LogP contribution in [0.15, 0.2) is 54.6 Å². The summed E-state index contributed by atoms with van der Waals surface area (Å²) >= 11 is 0. The van der Waals surface area contributed by atoms with Crippen LogP contribution >= 0.6 is 0 Å². The largest absolute Gasteiger partial charge is 0.494 e. The molecular weight excluding hydrogens is 479 g/mol. The number of carboxylic acids is 1. The Kier molecular flexibility index (Phi) is 7.06. The van der Waals surface area contributed by atoms with Crippen molar-refractivity contribution in [2.45, 2.75) is 25.9 Å². The fraction of sp³-hybridized carbons (Fsp3) is 0.250. The Morgan fingerprint density at radius 2 is 1.86 bits per heavy atom. The summed E-state index contributed by atoms with van der Waals surface area (Å²) in [5.74, 6) is -2.23. The van der Waals surface area contributed by atoms with Crippen LogP contribution in [0, 0.1) is 5.82 Å². The fourth-order valence-corrected chi connectivity index (χ4v) is 4.84. The molecule has 3 aromatic rings. The van der Waals surface area contributed by atoms with Crippen LogP contribution in [0.1, 0.15) is 24.8 Å². The number of carbonyl (C=O) groups excluding carboxylic acids is 1. The molecule has 0 unspecified atom stereocenters. The monoisotopic (exact) mass is 502 g/mol. The van der Waals surface area contributed by atoms with E-state index in [1.54, 1.807) is 12.1 Å². The zero-order valence-corrected chi connectivity index (χ0v) is 19.4. The second kappa shape index (κ2) is 10.2. The maximum absolute atomic E-state index is 15.8. The van der Waals surface area contributed by atoms with E-state index in [2.05, 4.69) is 0 Å². The van der Waals surface area contributed by atoms with E-state index in [0.717, 1.165) is 5.56 Å². The molecule has 1 saturated heterocycles. The summed E-state index contributed by atoms with van der Waals surface area (Å²) in [6, 6.07) is 15.3. The molecule has 1 aliphatic heterocycles. The number of amides is 1. The molecule has 0 saturated carbocycles. The van der Waals surface area contributed by atoms with Gasteiger partial charge in [-0.25, -0.2) is 13.4 Å². The molecule has 0 bridgehead atoms. The molecule has 0 radical (unpaired) electrons. The van der Waals surface area contributed by atoms with Gasteiger partial charge in [0, 0.05) is 11.8 Å². The fourth-order valence-electron chi connectivity index (χ4n) is 3.68. The maximum atomic E-state index is 15.8. The highest BCUT2D eigenvalue weighted by Crippen LogP contribution is 2.40. The van der Waals surface area contributed by atoms with Gasteiger partial charge in [0.05, 0.1) is 6.61 Å². The summed E-state index contributed by atoms with van der Waals surface area (Å²) in [7, 11) is -4.29. The number of carbonyl (C=O) groups is 2.